The van der Waals surface area contributed by atoms with Crippen LogP contribution >= 0.6 is 45.9 Å². The van der Waals surface area contributed by atoms with Crippen LogP contribution in [0.3, 0.4) is 0 Å². The van der Waals surface area contributed by atoms with Gasteiger partial charge >= 0.3 is 0 Å². The van der Waals surface area contributed by atoms with E-state index in [-0.39, 0.29) is 0 Å². The number of halogens is 3. The topological polar surface area (TPSA) is 0 Å². The molecule has 0 nitrogen and oxygen atoms in total. The summed E-state index contributed by atoms with van der Waals surface area (Å²) in [6.45, 7) is 0. The highest BCUT2D eigenvalue weighted by Crippen LogP contribution is 2.51. The monoisotopic (exact) mass is 388 g/mol. The van der Waals surface area contributed by atoms with E-state index in [0.717, 1.165) is 17.8 Å². The predicted octanol–water partition coefficient (Wildman–Crippen LogP) is 4.94. The van der Waals surface area contributed by atoms with Gasteiger partial charge in [0.2, 0.25) is 0 Å². The Balaban J connectivity index is 1.78. The molecule has 3 unspecified atom stereocenters. The van der Waals surface area contributed by atoms with Gasteiger partial charge < -0.3 is 0 Å². The normalized spacial score (nSPS) is 38.5. The van der Waals surface area contributed by atoms with Crippen LogP contribution in [0.25, 0.3) is 0 Å². The maximum atomic E-state index is 3.71. The van der Waals surface area contributed by atoms with Crippen molar-refractivity contribution in [3.8, 4) is 0 Å². The molecule has 3 atom stereocenters. The lowest BCUT2D eigenvalue weighted by Crippen LogP contribution is -2.14. The number of rotatable bonds is 3. The van der Waals surface area contributed by atoms with Gasteiger partial charge in [-0.25, -0.2) is 0 Å². The molecule has 0 amide bonds. The second-order valence-corrected chi connectivity index (χ2v) is 28.1. The van der Waals surface area contributed by atoms with Crippen molar-refractivity contribution in [2.45, 2.75) is 38.1 Å². The van der Waals surface area contributed by atoms with Crippen LogP contribution in [0.5, 0.6) is 0 Å². The van der Waals surface area contributed by atoms with Gasteiger partial charge in [0.05, 0.1) is 0 Å². The largest absolute Gasteiger partial charge is 0.267 e. The fourth-order valence-corrected chi connectivity index (χ4v) is 5.84. The zero-order valence-electron chi connectivity index (χ0n) is 7.61. The molecule has 2 rings (SSSR count). The number of hydrogen-bond acceptors (Lipinski definition) is 0. The SMILES string of the molecule is Br[Si](Br)(Br)CCC1CC2CCC1C2. The highest BCUT2D eigenvalue weighted by Gasteiger charge is 2.39. The van der Waals surface area contributed by atoms with Gasteiger partial charge in [0, 0.05) is 0 Å². The summed E-state index contributed by atoms with van der Waals surface area (Å²) in [4.78, 5) is 0. The zero-order chi connectivity index (χ0) is 9.47. The lowest BCUT2D eigenvalue weighted by molar-refractivity contribution is 0.324. The summed E-state index contributed by atoms with van der Waals surface area (Å²) < 4.78 is -1.31. The van der Waals surface area contributed by atoms with Crippen LogP contribution < -0.4 is 0 Å². The van der Waals surface area contributed by atoms with E-state index in [0.29, 0.717) is 0 Å². The van der Waals surface area contributed by atoms with Crippen LogP contribution in [-0.4, -0.2) is 3.93 Å². The maximum Gasteiger partial charge on any atom is 0.267 e. The van der Waals surface area contributed by atoms with E-state index in [9.17, 15) is 0 Å². The van der Waals surface area contributed by atoms with Gasteiger partial charge in [0.25, 0.3) is 3.93 Å². The Morgan fingerprint density at radius 1 is 1.08 bits per heavy atom. The van der Waals surface area contributed by atoms with Crippen LogP contribution in [0.2, 0.25) is 6.04 Å². The average molecular weight is 391 g/mol. The Labute approximate surface area is 105 Å². The molecular formula is C9H15Br3Si. The molecule has 0 aliphatic heterocycles. The second-order valence-electron chi connectivity index (χ2n) is 4.59. The molecule has 2 fully saturated rings. The van der Waals surface area contributed by atoms with Crippen LogP contribution in [0.1, 0.15) is 32.1 Å². The average Bonchev–Trinajstić information content (AvgIpc) is 2.58. The molecule has 4 heteroatoms. The summed E-state index contributed by atoms with van der Waals surface area (Å²) in [7, 11) is 0. The number of hydrogen-bond donors (Lipinski definition) is 0. The molecule has 0 heterocycles. The van der Waals surface area contributed by atoms with E-state index in [2.05, 4.69) is 45.9 Å². The minimum atomic E-state index is -1.31. The van der Waals surface area contributed by atoms with Crippen molar-refractivity contribution in [3.05, 3.63) is 0 Å². The van der Waals surface area contributed by atoms with E-state index in [1.165, 1.54) is 31.7 Å². The molecule has 0 aromatic carbocycles. The van der Waals surface area contributed by atoms with Crippen LogP contribution in [0.4, 0.5) is 0 Å². The van der Waals surface area contributed by atoms with Gasteiger partial charge in [0.15, 0.2) is 0 Å². The predicted molar refractivity (Wildman–Crippen MR) is 70.9 cm³/mol. The highest BCUT2D eigenvalue weighted by molar-refractivity contribution is 9.72. The molecule has 76 valence electrons. The van der Waals surface area contributed by atoms with Gasteiger partial charge in [-0.05, 0) is 43.1 Å². The third-order valence-corrected chi connectivity index (χ3v) is 8.11. The third kappa shape index (κ3) is 3.05. The van der Waals surface area contributed by atoms with E-state index in [1.807, 2.05) is 0 Å². The first-order valence-electron chi connectivity index (χ1n) is 5.11. The second kappa shape index (κ2) is 4.26. The molecule has 2 aliphatic rings. The van der Waals surface area contributed by atoms with Crippen LogP contribution in [-0.2, 0) is 0 Å². The lowest BCUT2D eigenvalue weighted by atomic mass is 9.87. The van der Waals surface area contributed by atoms with Crippen molar-refractivity contribution < 1.29 is 0 Å². The Hall–Kier alpha value is 1.66. The molecule has 0 aromatic rings. The molecule has 13 heavy (non-hydrogen) atoms. The Bertz CT molecular complexity index is 190. The van der Waals surface area contributed by atoms with E-state index < -0.39 is 3.93 Å². The molecule has 0 aromatic heterocycles. The smallest absolute Gasteiger partial charge is 0.0964 e. The van der Waals surface area contributed by atoms with Gasteiger partial charge in [-0.1, -0.05) is 58.7 Å². The lowest BCUT2D eigenvalue weighted by Gasteiger charge is -2.22. The van der Waals surface area contributed by atoms with E-state index in [1.54, 1.807) is 6.42 Å². The molecule has 0 radical (unpaired) electrons. The van der Waals surface area contributed by atoms with Crippen molar-refractivity contribution in [2.75, 3.05) is 0 Å². The van der Waals surface area contributed by atoms with Crippen molar-refractivity contribution in [2.24, 2.45) is 17.8 Å². The fraction of sp³-hybridized carbons (Fsp3) is 1.00. The van der Waals surface area contributed by atoms with E-state index >= 15 is 0 Å². The van der Waals surface area contributed by atoms with E-state index in [4.69, 9.17) is 0 Å². The summed E-state index contributed by atoms with van der Waals surface area (Å²) in [6, 6.07) is 1.32. The first kappa shape index (κ1) is 11.2. The first-order chi connectivity index (χ1) is 6.04. The summed E-state index contributed by atoms with van der Waals surface area (Å²) in [5.41, 5.74) is 0. The number of fused-ring (bicyclic) bond motifs is 2. The molecule has 2 aliphatic carbocycles. The van der Waals surface area contributed by atoms with Crippen molar-refractivity contribution in [1.29, 1.82) is 0 Å². The summed E-state index contributed by atoms with van der Waals surface area (Å²) in [5.74, 6) is 3.25. The Morgan fingerprint density at radius 2 is 1.85 bits per heavy atom. The van der Waals surface area contributed by atoms with Crippen molar-refractivity contribution >= 4 is 49.8 Å². The molecule has 0 N–H and O–H groups in total. The maximum absolute atomic E-state index is 3.71. The van der Waals surface area contributed by atoms with Gasteiger partial charge in [0.1, 0.15) is 0 Å². The molecular weight excluding hydrogens is 376 g/mol. The third-order valence-electron chi connectivity index (χ3n) is 3.68. The first-order valence-corrected chi connectivity index (χ1v) is 14.1. The van der Waals surface area contributed by atoms with Gasteiger partial charge in [-0.3, -0.25) is 0 Å². The quantitative estimate of drug-likeness (QED) is 0.473. The molecule has 0 spiro atoms. The summed E-state index contributed by atoms with van der Waals surface area (Å²) >= 11 is 11.1. The van der Waals surface area contributed by atoms with Crippen molar-refractivity contribution in [3.63, 3.8) is 0 Å². The van der Waals surface area contributed by atoms with Crippen LogP contribution in [0, 0.1) is 17.8 Å². The Kier molecular flexibility index (Phi) is 3.66. The fourth-order valence-electron chi connectivity index (χ4n) is 3.08. The van der Waals surface area contributed by atoms with Crippen LogP contribution in [0.15, 0.2) is 0 Å². The molecule has 2 saturated carbocycles. The molecule has 2 bridgehead atoms. The van der Waals surface area contributed by atoms with Gasteiger partial charge in [-0.15, -0.1) is 0 Å². The standard InChI is InChI=1S/C9H15Br3Si/c10-13(11,12)4-3-9-6-7-1-2-8(9)5-7/h7-9H,1-6H2. The minimum Gasteiger partial charge on any atom is -0.0964 e. The summed E-state index contributed by atoms with van der Waals surface area (Å²) in [6.07, 6.45) is 7.56. The van der Waals surface area contributed by atoms with Crippen molar-refractivity contribution in [1.82, 2.24) is 0 Å². The minimum absolute atomic E-state index is 1.05. The Morgan fingerprint density at radius 3 is 2.31 bits per heavy atom. The van der Waals surface area contributed by atoms with Gasteiger partial charge in [-0.2, -0.15) is 0 Å². The summed E-state index contributed by atoms with van der Waals surface area (Å²) in [5, 5.41) is 0. The molecule has 0 saturated heterocycles. The highest BCUT2D eigenvalue weighted by atomic mass is 80.0. The zero-order valence-corrected chi connectivity index (χ0v) is 13.4.